The summed E-state index contributed by atoms with van der Waals surface area (Å²) in [7, 11) is 0. The Kier molecular flexibility index (Phi) is 3.83. The summed E-state index contributed by atoms with van der Waals surface area (Å²) >= 11 is 0. The number of carbonyl (C=O) groups excluding carboxylic acids is 1. The highest BCUT2D eigenvalue weighted by molar-refractivity contribution is 6.09. The zero-order chi connectivity index (χ0) is 16.9. The van der Waals surface area contributed by atoms with Gasteiger partial charge in [-0.1, -0.05) is 26.8 Å². The highest BCUT2D eigenvalue weighted by Gasteiger charge is 2.54. The minimum absolute atomic E-state index is 0.0565. The van der Waals surface area contributed by atoms with Crippen LogP contribution in [0.25, 0.3) is 5.57 Å². The van der Waals surface area contributed by atoms with E-state index in [4.69, 9.17) is 0 Å². The molecular formula is C18H26N2O2. The molecule has 0 saturated carbocycles. The Labute approximate surface area is 132 Å². The largest absolute Gasteiger partial charge is 0.312 e. The molecule has 1 aromatic heterocycles. The number of aromatic nitrogens is 1. The van der Waals surface area contributed by atoms with E-state index < -0.39 is 16.5 Å². The fraction of sp³-hybridized carbons (Fsp3) is 0.556. The van der Waals surface area contributed by atoms with Crippen LogP contribution in [0.4, 0.5) is 0 Å². The van der Waals surface area contributed by atoms with Crippen LogP contribution >= 0.6 is 0 Å². The predicted molar refractivity (Wildman–Crippen MR) is 87.4 cm³/mol. The van der Waals surface area contributed by atoms with Crippen LogP contribution in [0.15, 0.2) is 30.1 Å². The molecule has 0 spiro atoms. The predicted octanol–water partition coefficient (Wildman–Crippen LogP) is 3.71. The molecule has 0 fully saturated rings. The van der Waals surface area contributed by atoms with Gasteiger partial charge in [0.05, 0.1) is 11.1 Å². The van der Waals surface area contributed by atoms with E-state index in [0.29, 0.717) is 5.57 Å². The Hall–Kier alpha value is -1.52. The van der Waals surface area contributed by atoms with Crippen molar-refractivity contribution in [2.24, 2.45) is 5.41 Å². The van der Waals surface area contributed by atoms with Crippen LogP contribution in [-0.2, 0) is 4.79 Å². The first-order chi connectivity index (χ1) is 9.91. The molecule has 120 valence electrons. The average molecular weight is 302 g/mol. The standard InChI is InChI=1S/C18H26N2O2/c1-16(2,3)15(21)14-13(12-9-8-10-19-11-12)17(4,5)20(22)18(14,6)7/h8-11,22H,1-7H3. The minimum atomic E-state index is -0.751. The van der Waals surface area contributed by atoms with Crippen molar-refractivity contribution >= 4 is 11.4 Å². The van der Waals surface area contributed by atoms with E-state index >= 15 is 0 Å². The van der Waals surface area contributed by atoms with Crippen molar-refractivity contribution in [1.82, 2.24) is 10.0 Å². The number of hydroxylamine groups is 2. The molecular weight excluding hydrogens is 276 g/mol. The molecule has 0 atom stereocenters. The van der Waals surface area contributed by atoms with Gasteiger partial charge < -0.3 is 5.21 Å². The van der Waals surface area contributed by atoms with Crippen LogP contribution < -0.4 is 0 Å². The van der Waals surface area contributed by atoms with Gasteiger partial charge in [-0.3, -0.25) is 9.78 Å². The normalized spacial score (nSPS) is 21.3. The van der Waals surface area contributed by atoms with Crippen LogP contribution in [0.2, 0.25) is 0 Å². The first kappa shape index (κ1) is 16.8. The highest BCUT2D eigenvalue weighted by Crippen LogP contribution is 2.50. The molecule has 1 aromatic rings. The summed E-state index contributed by atoms with van der Waals surface area (Å²) in [5.74, 6) is 0.0565. The van der Waals surface area contributed by atoms with Gasteiger partial charge in [0.15, 0.2) is 5.78 Å². The summed E-state index contributed by atoms with van der Waals surface area (Å²) in [5, 5.41) is 12.0. The molecule has 0 bridgehead atoms. The number of pyridine rings is 1. The van der Waals surface area contributed by atoms with E-state index in [-0.39, 0.29) is 5.78 Å². The second-order valence-corrected chi connectivity index (χ2v) is 8.00. The third-order valence-corrected chi connectivity index (χ3v) is 4.39. The Bertz CT molecular complexity index is 622. The van der Waals surface area contributed by atoms with Crippen molar-refractivity contribution in [3.8, 4) is 0 Å². The Morgan fingerprint density at radius 2 is 1.77 bits per heavy atom. The number of hydrogen-bond donors (Lipinski definition) is 1. The maximum absolute atomic E-state index is 13.1. The number of rotatable bonds is 2. The number of hydrogen-bond acceptors (Lipinski definition) is 4. The van der Waals surface area contributed by atoms with Crippen molar-refractivity contribution in [3.63, 3.8) is 0 Å². The molecule has 0 amide bonds. The molecule has 0 aliphatic carbocycles. The molecule has 0 radical (unpaired) electrons. The van der Waals surface area contributed by atoms with Crippen LogP contribution in [0, 0.1) is 5.41 Å². The van der Waals surface area contributed by atoms with Gasteiger partial charge in [0.1, 0.15) is 0 Å². The monoisotopic (exact) mass is 302 g/mol. The summed E-state index contributed by atoms with van der Waals surface area (Å²) in [5.41, 5.74) is 0.474. The van der Waals surface area contributed by atoms with Crippen molar-refractivity contribution < 1.29 is 10.0 Å². The van der Waals surface area contributed by atoms with Gasteiger partial charge in [0.2, 0.25) is 0 Å². The molecule has 4 nitrogen and oxygen atoms in total. The highest BCUT2D eigenvalue weighted by atomic mass is 16.5. The van der Waals surface area contributed by atoms with Crippen molar-refractivity contribution in [1.29, 1.82) is 0 Å². The lowest BCUT2D eigenvalue weighted by molar-refractivity contribution is -0.184. The van der Waals surface area contributed by atoms with Gasteiger partial charge in [-0.15, -0.1) is 0 Å². The smallest absolute Gasteiger partial charge is 0.166 e. The quantitative estimate of drug-likeness (QED) is 0.904. The summed E-state index contributed by atoms with van der Waals surface area (Å²) in [4.78, 5) is 17.3. The molecule has 1 N–H and O–H groups in total. The Morgan fingerprint density at radius 1 is 1.18 bits per heavy atom. The number of carbonyl (C=O) groups is 1. The lowest BCUT2D eigenvalue weighted by atomic mass is 9.76. The third-order valence-electron chi connectivity index (χ3n) is 4.39. The maximum atomic E-state index is 13.1. The number of Topliss-reactive ketones (excluding diaryl/α,β-unsaturated/α-hetero) is 1. The first-order valence-corrected chi connectivity index (χ1v) is 7.61. The SMILES string of the molecule is CC(C)(C)C(=O)C1=C(c2cccnc2)C(C)(C)N(O)C1(C)C. The van der Waals surface area contributed by atoms with E-state index in [1.165, 1.54) is 5.06 Å². The summed E-state index contributed by atoms with van der Waals surface area (Å²) in [6.07, 6.45) is 3.46. The molecule has 0 saturated heterocycles. The van der Waals surface area contributed by atoms with E-state index in [0.717, 1.165) is 11.1 Å². The lowest BCUT2D eigenvalue weighted by Crippen LogP contribution is -2.49. The molecule has 2 heterocycles. The molecule has 4 heteroatoms. The van der Waals surface area contributed by atoms with Gasteiger partial charge in [0.25, 0.3) is 0 Å². The summed E-state index contributed by atoms with van der Waals surface area (Å²) < 4.78 is 0. The van der Waals surface area contributed by atoms with Crippen molar-refractivity contribution in [2.75, 3.05) is 0 Å². The Balaban J connectivity index is 2.80. The van der Waals surface area contributed by atoms with E-state index in [2.05, 4.69) is 4.98 Å². The Morgan fingerprint density at radius 3 is 2.23 bits per heavy atom. The molecule has 1 aliphatic rings. The second kappa shape index (κ2) is 5.00. The van der Waals surface area contributed by atoms with Crippen LogP contribution in [0.1, 0.15) is 54.0 Å². The lowest BCUT2D eigenvalue weighted by Gasteiger charge is -2.37. The number of nitrogens with zero attached hydrogens (tertiary/aromatic N) is 2. The fourth-order valence-corrected chi connectivity index (χ4v) is 3.30. The fourth-order valence-electron chi connectivity index (χ4n) is 3.30. The maximum Gasteiger partial charge on any atom is 0.166 e. The summed E-state index contributed by atoms with van der Waals surface area (Å²) in [6, 6.07) is 3.79. The number of ketones is 1. The molecule has 0 aromatic carbocycles. The zero-order valence-electron chi connectivity index (χ0n) is 14.6. The topological polar surface area (TPSA) is 53.4 Å². The average Bonchev–Trinajstić information content (AvgIpc) is 2.55. The first-order valence-electron chi connectivity index (χ1n) is 7.61. The zero-order valence-corrected chi connectivity index (χ0v) is 14.6. The van der Waals surface area contributed by atoms with Crippen molar-refractivity contribution in [3.05, 3.63) is 35.7 Å². The molecule has 1 aliphatic heterocycles. The van der Waals surface area contributed by atoms with E-state index in [1.54, 1.807) is 12.4 Å². The molecule has 22 heavy (non-hydrogen) atoms. The van der Waals surface area contributed by atoms with E-state index in [9.17, 15) is 10.0 Å². The molecule has 2 rings (SSSR count). The van der Waals surface area contributed by atoms with Gasteiger partial charge in [0, 0.05) is 23.4 Å². The third kappa shape index (κ3) is 2.40. The minimum Gasteiger partial charge on any atom is -0.312 e. The van der Waals surface area contributed by atoms with Crippen LogP contribution in [0.3, 0.4) is 0 Å². The molecule has 0 unspecified atom stereocenters. The van der Waals surface area contributed by atoms with Gasteiger partial charge >= 0.3 is 0 Å². The van der Waals surface area contributed by atoms with Crippen LogP contribution in [-0.4, -0.2) is 32.1 Å². The van der Waals surface area contributed by atoms with Crippen LogP contribution in [0.5, 0.6) is 0 Å². The summed E-state index contributed by atoms with van der Waals surface area (Å²) in [6.45, 7) is 13.4. The van der Waals surface area contributed by atoms with Gasteiger partial charge in [-0.05, 0) is 44.9 Å². The second-order valence-electron chi connectivity index (χ2n) is 8.00. The van der Waals surface area contributed by atoms with Crippen molar-refractivity contribution in [2.45, 2.75) is 59.5 Å². The van der Waals surface area contributed by atoms with Gasteiger partial charge in [-0.25, -0.2) is 0 Å². The van der Waals surface area contributed by atoms with E-state index in [1.807, 2.05) is 60.6 Å². The van der Waals surface area contributed by atoms with Gasteiger partial charge in [-0.2, -0.15) is 5.06 Å².